The summed E-state index contributed by atoms with van der Waals surface area (Å²) >= 11 is 0. The lowest BCUT2D eigenvalue weighted by molar-refractivity contribution is -0.128. The van der Waals surface area contributed by atoms with Crippen molar-refractivity contribution >= 4 is 11.8 Å². The zero-order valence-electron chi connectivity index (χ0n) is 16.7. The van der Waals surface area contributed by atoms with Gasteiger partial charge in [0.1, 0.15) is 0 Å². The topological polar surface area (TPSA) is 58.6 Å². The van der Waals surface area contributed by atoms with Crippen molar-refractivity contribution in [2.45, 2.75) is 37.6 Å². The molecule has 0 saturated carbocycles. The van der Waals surface area contributed by atoms with Crippen LogP contribution in [-0.4, -0.2) is 43.0 Å². The Morgan fingerprint density at radius 3 is 2.41 bits per heavy atom. The number of hydrogen-bond donors (Lipinski definition) is 1. The summed E-state index contributed by atoms with van der Waals surface area (Å²) in [4.78, 5) is 26.4. The summed E-state index contributed by atoms with van der Waals surface area (Å²) in [6.07, 6.45) is 3.39. The van der Waals surface area contributed by atoms with Gasteiger partial charge in [-0.3, -0.25) is 9.59 Å². The van der Waals surface area contributed by atoms with Gasteiger partial charge in [-0.2, -0.15) is 0 Å². The minimum Gasteiger partial charge on any atom is -0.381 e. The molecule has 2 saturated heterocycles. The normalized spacial score (nSPS) is 18.6. The Labute approximate surface area is 172 Å². The zero-order chi connectivity index (χ0) is 20.1. The van der Waals surface area contributed by atoms with E-state index in [1.165, 1.54) is 5.56 Å². The van der Waals surface area contributed by atoms with Gasteiger partial charge >= 0.3 is 0 Å². The van der Waals surface area contributed by atoms with Gasteiger partial charge in [-0.05, 0) is 42.5 Å². The number of carbonyl (C=O) groups is 2. The molecular weight excluding hydrogens is 364 g/mol. The molecule has 0 aliphatic carbocycles. The molecule has 5 nitrogen and oxygen atoms in total. The highest BCUT2D eigenvalue weighted by Gasteiger charge is 2.34. The van der Waals surface area contributed by atoms with Crippen molar-refractivity contribution in [1.82, 2.24) is 10.2 Å². The molecule has 2 aromatic carbocycles. The van der Waals surface area contributed by atoms with Crippen LogP contribution in [0.1, 0.15) is 47.2 Å². The number of nitrogens with one attached hydrogen (secondary N) is 1. The van der Waals surface area contributed by atoms with E-state index < -0.39 is 0 Å². The Morgan fingerprint density at radius 1 is 1.03 bits per heavy atom. The molecule has 152 valence electrons. The summed E-state index contributed by atoms with van der Waals surface area (Å²) in [6.45, 7) is 3.48. The number of rotatable bonds is 6. The van der Waals surface area contributed by atoms with Crippen molar-refractivity contribution in [3.63, 3.8) is 0 Å². The number of likely N-dealkylation sites (tertiary alicyclic amines) is 1. The predicted molar refractivity (Wildman–Crippen MR) is 112 cm³/mol. The molecule has 0 spiro atoms. The number of hydrogen-bond acceptors (Lipinski definition) is 3. The van der Waals surface area contributed by atoms with Crippen molar-refractivity contribution in [3.8, 4) is 0 Å². The van der Waals surface area contributed by atoms with Gasteiger partial charge in [-0.25, -0.2) is 0 Å². The number of amides is 2. The van der Waals surface area contributed by atoms with Gasteiger partial charge in [-0.1, -0.05) is 42.5 Å². The summed E-state index contributed by atoms with van der Waals surface area (Å²) < 4.78 is 5.57. The van der Waals surface area contributed by atoms with E-state index in [2.05, 4.69) is 29.6 Å². The van der Waals surface area contributed by atoms with Crippen LogP contribution in [0, 0.1) is 0 Å². The molecule has 0 unspecified atom stereocenters. The van der Waals surface area contributed by atoms with Gasteiger partial charge < -0.3 is 15.0 Å². The van der Waals surface area contributed by atoms with Crippen LogP contribution >= 0.6 is 0 Å². The molecular formula is C24H28N2O3. The molecule has 0 aromatic heterocycles. The van der Waals surface area contributed by atoms with E-state index >= 15 is 0 Å². The second kappa shape index (κ2) is 8.78. The second-order valence-electron chi connectivity index (χ2n) is 8.06. The highest BCUT2D eigenvalue weighted by molar-refractivity contribution is 5.94. The molecule has 2 aliphatic heterocycles. The number of nitrogens with zero attached hydrogens (tertiary/aromatic N) is 1. The van der Waals surface area contributed by atoms with Crippen LogP contribution in [0.5, 0.6) is 0 Å². The number of ether oxygens (including phenoxy) is 1. The molecule has 29 heavy (non-hydrogen) atoms. The van der Waals surface area contributed by atoms with Crippen LogP contribution in [0.25, 0.3) is 0 Å². The van der Waals surface area contributed by atoms with E-state index in [1.807, 2.05) is 35.2 Å². The fourth-order valence-corrected chi connectivity index (χ4v) is 4.33. The quantitative estimate of drug-likeness (QED) is 0.821. The van der Waals surface area contributed by atoms with E-state index in [4.69, 9.17) is 4.74 Å². The predicted octanol–water partition coefficient (Wildman–Crippen LogP) is 3.29. The molecule has 0 bridgehead atoms. The van der Waals surface area contributed by atoms with Crippen molar-refractivity contribution in [2.24, 2.45) is 0 Å². The minimum absolute atomic E-state index is 0.0596. The lowest BCUT2D eigenvalue weighted by Gasteiger charge is -2.38. The van der Waals surface area contributed by atoms with Crippen molar-refractivity contribution < 1.29 is 14.3 Å². The van der Waals surface area contributed by atoms with E-state index in [-0.39, 0.29) is 17.2 Å². The summed E-state index contributed by atoms with van der Waals surface area (Å²) in [5.41, 5.74) is 2.89. The largest absolute Gasteiger partial charge is 0.381 e. The zero-order valence-corrected chi connectivity index (χ0v) is 16.7. The molecule has 2 amide bonds. The Hall–Kier alpha value is -2.66. The van der Waals surface area contributed by atoms with E-state index in [1.54, 1.807) is 0 Å². The maximum absolute atomic E-state index is 12.8. The molecule has 0 atom stereocenters. The van der Waals surface area contributed by atoms with Crippen LogP contribution in [0.3, 0.4) is 0 Å². The third-order valence-corrected chi connectivity index (χ3v) is 6.18. The summed E-state index contributed by atoms with van der Waals surface area (Å²) in [7, 11) is 0. The maximum atomic E-state index is 12.8. The maximum Gasteiger partial charge on any atom is 0.251 e. The number of carbonyl (C=O) groups excluding carboxylic acids is 2. The summed E-state index contributed by atoms with van der Waals surface area (Å²) in [5.74, 6) is 0.157. The monoisotopic (exact) mass is 392 g/mol. The Kier molecular flexibility index (Phi) is 5.95. The SMILES string of the molecule is O=C(NCC1(c2ccccc2)CCOCC1)c1ccc(CN2CCCC2=O)cc1. The van der Waals surface area contributed by atoms with Gasteiger partial charge in [0.05, 0.1) is 0 Å². The van der Waals surface area contributed by atoms with Crippen molar-refractivity contribution in [2.75, 3.05) is 26.3 Å². The Bertz CT molecular complexity index is 842. The molecule has 0 radical (unpaired) electrons. The van der Waals surface area contributed by atoms with Gasteiger partial charge in [0.25, 0.3) is 5.91 Å². The molecule has 4 rings (SSSR count). The lowest BCUT2D eigenvalue weighted by atomic mass is 9.74. The molecule has 2 fully saturated rings. The van der Waals surface area contributed by atoms with Gasteiger partial charge in [-0.15, -0.1) is 0 Å². The first-order valence-electron chi connectivity index (χ1n) is 10.4. The van der Waals surface area contributed by atoms with Gasteiger partial charge in [0.15, 0.2) is 0 Å². The van der Waals surface area contributed by atoms with Crippen LogP contribution in [0.15, 0.2) is 54.6 Å². The first kappa shape index (κ1) is 19.6. The standard InChI is InChI=1S/C24H28N2O3/c27-22-7-4-14-26(22)17-19-8-10-20(11-9-19)23(28)25-18-24(12-15-29-16-13-24)21-5-2-1-3-6-21/h1-3,5-6,8-11H,4,7,12-18H2,(H,25,28). The molecule has 2 aliphatic rings. The molecule has 1 N–H and O–H groups in total. The minimum atomic E-state index is -0.0781. The molecule has 5 heteroatoms. The van der Waals surface area contributed by atoms with Crippen LogP contribution < -0.4 is 5.32 Å². The smallest absolute Gasteiger partial charge is 0.251 e. The van der Waals surface area contributed by atoms with Crippen LogP contribution in [0.4, 0.5) is 0 Å². The lowest BCUT2D eigenvalue weighted by Crippen LogP contribution is -2.44. The highest BCUT2D eigenvalue weighted by Crippen LogP contribution is 2.34. The van der Waals surface area contributed by atoms with E-state index in [0.717, 1.165) is 31.4 Å². The van der Waals surface area contributed by atoms with Crippen molar-refractivity contribution in [1.29, 1.82) is 0 Å². The summed E-state index contributed by atoms with van der Waals surface area (Å²) in [6, 6.07) is 18.0. The Balaban J connectivity index is 1.40. The van der Waals surface area contributed by atoms with E-state index in [9.17, 15) is 9.59 Å². The van der Waals surface area contributed by atoms with Crippen molar-refractivity contribution in [3.05, 3.63) is 71.3 Å². The van der Waals surface area contributed by atoms with Gasteiger partial charge in [0.2, 0.25) is 5.91 Å². The van der Waals surface area contributed by atoms with E-state index in [0.29, 0.717) is 38.3 Å². The number of benzene rings is 2. The van der Waals surface area contributed by atoms with Gasteiger partial charge in [0, 0.05) is 50.2 Å². The average Bonchev–Trinajstić information content (AvgIpc) is 3.18. The third kappa shape index (κ3) is 4.51. The molecule has 2 aromatic rings. The fourth-order valence-electron chi connectivity index (χ4n) is 4.33. The van der Waals surface area contributed by atoms with Crippen LogP contribution in [0.2, 0.25) is 0 Å². The second-order valence-corrected chi connectivity index (χ2v) is 8.06. The van der Waals surface area contributed by atoms with Crippen LogP contribution in [-0.2, 0) is 21.5 Å². The average molecular weight is 392 g/mol. The Morgan fingerprint density at radius 2 is 1.76 bits per heavy atom. The first-order valence-corrected chi connectivity index (χ1v) is 10.4. The first-order chi connectivity index (χ1) is 14.2. The summed E-state index contributed by atoms with van der Waals surface area (Å²) in [5, 5.41) is 3.15. The highest BCUT2D eigenvalue weighted by atomic mass is 16.5. The fraction of sp³-hybridized carbons (Fsp3) is 0.417. The third-order valence-electron chi connectivity index (χ3n) is 6.18. The molecule has 2 heterocycles.